The first-order valence-corrected chi connectivity index (χ1v) is 4.70. The maximum atomic E-state index is 11.9. The number of rotatable bonds is 3. The molecule has 82 valence electrons. The van der Waals surface area contributed by atoms with Crippen molar-refractivity contribution in [3.63, 3.8) is 0 Å². The molecule has 1 aromatic rings. The van der Waals surface area contributed by atoms with Gasteiger partial charge in [0.1, 0.15) is 0 Å². The topological polar surface area (TPSA) is 68.5 Å². The second-order valence-electron chi connectivity index (χ2n) is 4.06. The van der Waals surface area contributed by atoms with E-state index < -0.39 is 0 Å². The number of ether oxygens (including phenoxy) is 1. The summed E-state index contributed by atoms with van der Waals surface area (Å²) in [5.41, 5.74) is -0.377. The van der Waals surface area contributed by atoms with Crippen molar-refractivity contribution in [2.75, 3.05) is 20.3 Å². The van der Waals surface area contributed by atoms with E-state index in [1.54, 1.807) is 11.9 Å². The minimum atomic E-state index is -0.377. The van der Waals surface area contributed by atoms with Gasteiger partial charge in [0, 0.05) is 7.05 Å². The van der Waals surface area contributed by atoms with Gasteiger partial charge >= 0.3 is 0 Å². The van der Waals surface area contributed by atoms with Gasteiger partial charge in [0.15, 0.2) is 5.82 Å². The lowest BCUT2D eigenvalue weighted by atomic mass is 9.87. The van der Waals surface area contributed by atoms with E-state index in [0.29, 0.717) is 25.6 Å². The third-order valence-corrected chi connectivity index (χ3v) is 2.49. The lowest BCUT2D eigenvalue weighted by molar-refractivity contribution is -0.168. The lowest BCUT2D eigenvalue weighted by Gasteiger charge is -2.38. The summed E-state index contributed by atoms with van der Waals surface area (Å²) in [4.78, 5) is 17.4. The first kappa shape index (κ1) is 10.1. The molecule has 6 heteroatoms. The lowest BCUT2D eigenvalue weighted by Crippen LogP contribution is -2.52. The highest BCUT2D eigenvalue weighted by atomic mass is 16.5. The SMILES string of the molecule is CN(Cc1ncon1)C(=O)C1(C)COC1. The largest absolute Gasteiger partial charge is 0.379 e. The first-order chi connectivity index (χ1) is 7.12. The van der Waals surface area contributed by atoms with Crippen molar-refractivity contribution in [3.05, 3.63) is 12.2 Å². The third kappa shape index (κ3) is 1.85. The van der Waals surface area contributed by atoms with Crippen LogP contribution in [-0.2, 0) is 16.1 Å². The average Bonchev–Trinajstić information content (AvgIpc) is 2.65. The van der Waals surface area contributed by atoms with Crippen molar-refractivity contribution < 1.29 is 14.1 Å². The molecule has 2 heterocycles. The number of nitrogens with zero attached hydrogens (tertiary/aromatic N) is 3. The zero-order valence-electron chi connectivity index (χ0n) is 8.77. The van der Waals surface area contributed by atoms with E-state index in [-0.39, 0.29) is 11.3 Å². The van der Waals surface area contributed by atoms with Gasteiger partial charge in [-0.25, -0.2) is 0 Å². The van der Waals surface area contributed by atoms with Gasteiger partial charge < -0.3 is 14.2 Å². The highest BCUT2D eigenvalue weighted by Crippen LogP contribution is 2.28. The van der Waals surface area contributed by atoms with Crippen molar-refractivity contribution in [1.82, 2.24) is 15.0 Å². The molecule has 0 spiro atoms. The predicted molar refractivity (Wildman–Crippen MR) is 49.7 cm³/mol. The molecular formula is C9H13N3O3. The smallest absolute Gasteiger partial charge is 0.233 e. The Labute approximate surface area is 87.2 Å². The monoisotopic (exact) mass is 211 g/mol. The van der Waals surface area contributed by atoms with E-state index in [1.165, 1.54) is 6.39 Å². The van der Waals surface area contributed by atoms with Crippen molar-refractivity contribution in [3.8, 4) is 0 Å². The van der Waals surface area contributed by atoms with E-state index in [4.69, 9.17) is 4.74 Å². The molecule has 15 heavy (non-hydrogen) atoms. The van der Waals surface area contributed by atoms with E-state index in [9.17, 15) is 4.79 Å². The fourth-order valence-corrected chi connectivity index (χ4v) is 1.54. The van der Waals surface area contributed by atoms with Gasteiger partial charge in [-0.05, 0) is 6.92 Å². The molecule has 0 aromatic carbocycles. The minimum Gasteiger partial charge on any atom is -0.379 e. The summed E-state index contributed by atoms with van der Waals surface area (Å²) < 4.78 is 9.64. The molecule has 1 aliphatic heterocycles. The van der Waals surface area contributed by atoms with Crippen molar-refractivity contribution in [2.45, 2.75) is 13.5 Å². The van der Waals surface area contributed by atoms with Crippen LogP contribution in [0.1, 0.15) is 12.7 Å². The summed E-state index contributed by atoms with van der Waals surface area (Å²) in [6, 6.07) is 0. The Morgan fingerprint density at radius 2 is 2.40 bits per heavy atom. The first-order valence-electron chi connectivity index (χ1n) is 4.70. The third-order valence-electron chi connectivity index (χ3n) is 2.49. The summed E-state index contributed by atoms with van der Waals surface area (Å²) in [7, 11) is 1.72. The maximum absolute atomic E-state index is 11.9. The fourth-order valence-electron chi connectivity index (χ4n) is 1.54. The van der Waals surface area contributed by atoms with E-state index in [1.807, 2.05) is 6.92 Å². The van der Waals surface area contributed by atoms with Crippen LogP contribution in [-0.4, -0.2) is 41.2 Å². The van der Waals surface area contributed by atoms with Crippen LogP contribution in [0.5, 0.6) is 0 Å². The molecule has 2 rings (SSSR count). The van der Waals surface area contributed by atoms with Gasteiger partial charge in [0.2, 0.25) is 12.3 Å². The van der Waals surface area contributed by atoms with Crippen LogP contribution < -0.4 is 0 Å². The van der Waals surface area contributed by atoms with Crippen LogP contribution >= 0.6 is 0 Å². The quantitative estimate of drug-likeness (QED) is 0.707. The number of hydrogen-bond acceptors (Lipinski definition) is 5. The Morgan fingerprint density at radius 3 is 2.87 bits per heavy atom. The molecule has 0 N–H and O–H groups in total. The zero-order chi connectivity index (χ0) is 10.9. The molecule has 0 bridgehead atoms. The summed E-state index contributed by atoms with van der Waals surface area (Å²) in [5, 5.41) is 3.65. The van der Waals surface area contributed by atoms with Crippen LogP contribution in [0.3, 0.4) is 0 Å². The number of carbonyl (C=O) groups excluding carboxylic acids is 1. The number of hydrogen-bond donors (Lipinski definition) is 0. The predicted octanol–water partition coefficient (Wildman–Crippen LogP) is 0.0645. The Hall–Kier alpha value is -1.43. The molecular weight excluding hydrogens is 198 g/mol. The standard InChI is InChI=1S/C9H13N3O3/c1-9(4-14-5-9)8(13)12(2)3-7-10-6-15-11-7/h6H,3-5H2,1-2H3. The van der Waals surface area contributed by atoms with Gasteiger partial charge in [-0.3, -0.25) is 4.79 Å². The maximum Gasteiger partial charge on any atom is 0.233 e. The van der Waals surface area contributed by atoms with Crippen molar-refractivity contribution >= 4 is 5.91 Å². The van der Waals surface area contributed by atoms with E-state index >= 15 is 0 Å². The van der Waals surface area contributed by atoms with Gasteiger partial charge in [0.05, 0.1) is 25.2 Å². The van der Waals surface area contributed by atoms with E-state index in [2.05, 4.69) is 14.7 Å². The number of aromatic nitrogens is 2. The summed E-state index contributed by atoms with van der Waals surface area (Å²) in [5.74, 6) is 0.563. The molecule has 0 aliphatic carbocycles. The highest BCUT2D eigenvalue weighted by Gasteiger charge is 2.42. The van der Waals surface area contributed by atoms with Crippen LogP contribution in [0, 0.1) is 5.41 Å². The Bertz CT molecular complexity index is 345. The molecule has 0 saturated carbocycles. The second kappa shape index (κ2) is 3.62. The normalized spacial score (nSPS) is 18.3. The van der Waals surface area contributed by atoms with Crippen molar-refractivity contribution in [1.29, 1.82) is 0 Å². The molecule has 1 saturated heterocycles. The molecule has 1 aliphatic rings. The average molecular weight is 211 g/mol. The molecule has 1 fully saturated rings. The van der Waals surface area contributed by atoms with Crippen molar-refractivity contribution in [2.24, 2.45) is 5.41 Å². The van der Waals surface area contributed by atoms with Crippen LogP contribution in [0.4, 0.5) is 0 Å². The molecule has 1 amide bonds. The summed E-state index contributed by atoms with van der Waals surface area (Å²) in [6.45, 7) is 3.24. The molecule has 0 atom stereocenters. The molecule has 1 aromatic heterocycles. The van der Waals surface area contributed by atoms with Gasteiger partial charge in [-0.1, -0.05) is 5.16 Å². The molecule has 0 unspecified atom stereocenters. The van der Waals surface area contributed by atoms with Crippen LogP contribution in [0.15, 0.2) is 10.9 Å². The van der Waals surface area contributed by atoms with Gasteiger partial charge in [0.25, 0.3) is 0 Å². The Balaban J connectivity index is 1.96. The fraction of sp³-hybridized carbons (Fsp3) is 0.667. The van der Waals surface area contributed by atoms with Gasteiger partial charge in [-0.2, -0.15) is 4.98 Å². The number of carbonyl (C=O) groups is 1. The number of amides is 1. The second-order valence-corrected chi connectivity index (χ2v) is 4.06. The zero-order valence-corrected chi connectivity index (χ0v) is 8.77. The van der Waals surface area contributed by atoms with Gasteiger partial charge in [-0.15, -0.1) is 0 Å². The summed E-state index contributed by atoms with van der Waals surface area (Å²) in [6.07, 6.45) is 1.25. The molecule has 0 radical (unpaired) electrons. The molecule has 6 nitrogen and oxygen atoms in total. The minimum absolute atomic E-state index is 0.0542. The van der Waals surface area contributed by atoms with Crippen LogP contribution in [0.2, 0.25) is 0 Å². The van der Waals surface area contributed by atoms with Crippen LogP contribution in [0.25, 0.3) is 0 Å². The summed E-state index contributed by atoms with van der Waals surface area (Å²) >= 11 is 0. The Kier molecular flexibility index (Phi) is 2.44. The Morgan fingerprint density at radius 1 is 1.67 bits per heavy atom. The highest BCUT2D eigenvalue weighted by molar-refractivity contribution is 5.83. The van der Waals surface area contributed by atoms with E-state index in [0.717, 1.165) is 0 Å².